The Hall–Kier alpha value is -1.78. The first kappa shape index (κ1) is 22.9. The minimum atomic E-state index is -1.28. The second-order valence-electron chi connectivity index (χ2n) is 10.6. The van der Waals surface area contributed by atoms with Crippen LogP contribution in [0.25, 0.3) is 0 Å². The molecule has 1 atom stereocenters. The molecule has 2 nitrogen and oxygen atoms in total. The van der Waals surface area contributed by atoms with E-state index < -0.39 is 8.07 Å². The summed E-state index contributed by atoms with van der Waals surface area (Å²) in [6.07, 6.45) is 2.28. The molecule has 0 aliphatic carbocycles. The van der Waals surface area contributed by atoms with Crippen LogP contribution in [0.1, 0.15) is 37.8 Å². The van der Waals surface area contributed by atoms with Gasteiger partial charge in [0.1, 0.15) is 0 Å². The summed E-state index contributed by atoms with van der Waals surface area (Å²) >= 11 is 1.75. The molecule has 0 radical (unpaired) electrons. The van der Waals surface area contributed by atoms with Gasteiger partial charge in [0.2, 0.25) is 5.91 Å². The monoisotopic (exact) mass is 437 g/mol. The summed E-state index contributed by atoms with van der Waals surface area (Å²) in [4.78, 5) is 18.1. The van der Waals surface area contributed by atoms with E-state index in [2.05, 4.69) is 107 Å². The molecule has 0 N–H and O–H groups in total. The first-order valence-corrected chi connectivity index (χ1v) is 15.3. The average Bonchev–Trinajstić information content (AvgIpc) is 2.63. The first-order chi connectivity index (χ1) is 13.9. The lowest BCUT2D eigenvalue weighted by atomic mass is 9.89. The van der Waals surface area contributed by atoms with E-state index in [1.165, 1.54) is 20.9 Å². The van der Waals surface area contributed by atoms with Crippen LogP contribution >= 0.6 is 11.8 Å². The van der Waals surface area contributed by atoms with E-state index in [4.69, 9.17) is 0 Å². The lowest BCUT2D eigenvalue weighted by Gasteiger charge is -2.42. The van der Waals surface area contributed by atoms with E-state index >= 15 is 0 Å². The van der Waals surface area contributed by atoms with Gasteiger partial charge in [0.05, 0.1) is 5.92 Å². The van der Waals surface area contributed by atoms with Crippen molar-refractivity contribution < 1.29 is 4.79 Å². The van der Waals surface area contributed by atoms with Gasteiger partial charge in [-0.05, 0) is 57.5 Å². The van der Waals surface area contributed by atoms with E-state index in [0.29, 0.717) is 0 Å². The van der Waals surface area contributed by atoms with Crippen molar-refractivity contribution in [1.29, 1.82) is 0 Å². The maximum Gasteiger partial charge on any atom is 0.234 e. The van der Waals surface area contributed by atoms with Gasteiger partial charge < -0.3 is 4.90 Å². The van der Waals surface area contributed by atoms with Gasteiger partial charge in [0, 0.05) is 29.9 Å². The number of carbonyl (C=O) groups is 1. The highest BCUT2D eigenvalue weighted by Gasteiger charge is 2.37. The third-order valence-electron chi connectivity index (χ3n) is 5.37. The summed E-state index contributed by atoms with van der Waals surface area (Å²) in [6.45, 7) is 16.5. The van der Waals surface area contributed by atoms with Crippen LogP contribution in [0.5, 0.6) is 0 Å². The Labute approximate surface area is 187 Å². The minimum Gasteiger partial charge on any atom is -0.333 e. The molecule has 0 bridgehead atoms. The van der Waals surface area contributed by atoms with Gasteiger partial charge in [-0.3, -0.25) is 4.79 Å². The number of nitrogens with zero attached hydrogens (tertiary/aromatic N) is 1. The number of amides is 1. The molecule has 160 valence electrons. The molecule has 0 saturated carbocycles. The van der Waals surface area contributed by atoms with Crippen LogP contribution in [0.3, 0.4) is 0 Å². The van der Waals surface area contributed by atoms with E-state index in [1.54, 1.807) is 11.8 Å². The average molecular weight is 438 g/mol. The molecule has 0 fully saturated rings. The molecule has 1 unspecified atom stereocenters. The summed E-state index contributed by atoms with van der Waals surface area (Å²) in [5.74, 6) is 0.0113. The van der Waals surface area contributed by atoms with Crippen LogP contribution in [0.15, 0.2) is 70.0 Å². The zero-order valence-corrected chi connectivity index (χ0v) is 21.3. The Bertz CT molecular complexity index is 935. The van der Waals surface area contributed by atoms with Crippen molar-refractivity contribution in [3.05, 3.63) is 71.3 Å². The van der Waals surface area contributed by atoms with Crippen LogP contribution in [0, 0.1) is 6.92 Å². The molecule has 2 aromatic rings. The molecule has 0 spiro atoms. The maximum absolute atomic E-state index is 13.6. The molecule has 2 aromatic carbocycles. The molecular formula is C26H35NOSSi. The molecule has 1 aliphatic heterocycles. The fraction of sp³-hybridized carbons (Fsp3) is 0.423. The van der Waals surface area contributed by atoms with Gasteiger partial charge in [-0.1, -0.05) is 78.9 Å². The molecule has 1 amide bonds. The number of hydrogen-bond donors (Lipinski definition) is 0. The van der Waals surface area contributed by atoms with Gasteiger partial charge in [-0.15, -0.1) is 0 Å². The van der Waals surface area contributed by atoms with Gasteiger partial charge in [0.25, 0.3) is 0 Å². The number of carbonyl (C=O) groups excluding carboxylic acids is 1. The van der Waals surface area contributed by atoms with Crippen LogP contribution in [-0.4, -0.2) is 31.0 Å². The summed E-state index contributed by atoms with van der Waals surface area (Å²) in [7, 11) is -1.28. The summed E-state index contributed by atoms with van der Waals surface area (Å²) in [5.41, 5.74) is 3.61. The molecule has 3 rings (SSSR count). The van der Waals surface area contributed by atoms with Gasteiger partial charge in [-0.25, -0.2) is 0 Å². The molecular weight excluding hydrogens is 402 g/mol. The van der Waals surface area contributed by atoms with Crippen molar-refractivity contribution in [2.45, 2.75) is 74.6 Å². The van der Waals surface area contributed by atoms with Gasteiger partial charge >= 0.3 is 0 Å². The zero-order chi connectivity index (χ0) is 22.1. The topological polar surface area (TPSA) is 20.3 Å². The SMILES string of the molecule is Cc1ccc(Sc2ccccc2C2C=C(C[Si](C)(C)C)CN(C(C)(C)C)C2=O)cc1. The first-order valence-electron chi connectivity index (χ1n) is 10.8. The molecule has 4 heteroatoms. The summed E-state index contributed by atoms with van der Waals surface area (Å²) in [6, 6.07) is 18.2. The quantitative estimate of drug-likeness (QED) is 0.366. The Morgan fingerprint density at radius 2 is 1.67 bits per heavy atom. The largest absolute Gasteiger partial charge is 0.333 e. The fourth-order valence-electron chi connectivity index (χ4n) is 3.96. The molecule has 30 heavy (non-hydrogen) atoms. The fourth-order valence-corrected chi connectivity index (χ4v) is 6.54. The maximum atomic E-state index is 13.6. The highest BCUT2D eigenvalue weighted by molar-refractivity contribution is 7.99. The Balaban J connectivity index is 2.02. The predicted octanol–water partition coefficient (Wildman–Crippen LogP) is 7.14. The van der Waals surface area contributed by atoms with Gasteiger partial charge in [0.15, 0.2) is 0 Å². The van der Waals surface area contributed by atoms with Crippen molar-refractivity contribution in [3.63, 3.8) is 0 Å². The zero-order valence-electron chi connectivity index (χ0n) is 19.5. The second-order valence-corrected chi connectivity index (χ2v) is 17.2. The van der Waals surface area contributed by atoms with Crippen molar-refractivity contribution in [2.24, 2.45) is 0 Å². The Kier molecular flexibility index (Phi) is 6.68. The minimum absolute atomic E-state index is 0.187. The molecule has 1 aliphatic rings. The van der Waals surface area contributed by atoms with Crippen LogP contribution in [0.2, 0.25) is 25.7 Å². The normalized spacial score (nSPS) is 17.8. The molecule has 1 heterocycles. The van der Waals surface area contributed by atoms with Crippen molar-refractivity contribution in [2.75, 3.05) is 6.54 Å². The van der Waals surface area contributed by atoms with E-state index in [0.717, 1.165) is 18.2 Å². The predicted molar refractivity (Wildman–Crippen MR) is 132 cm³/mol. The van der Waals surface area contributed by atoms with Gasteiger partial charge in [-0.2, -0.15) is 0 Å². The van der Waals surface area contributed by atoms with E-state index in [1.807, 2.05) is 0 Å². The Morgan fingerprint density at radius 3 is 2.27 bits per heavy atom. The summed E-state index contributed by atoms with van der Waals surface area (Å²) < 4.78 is 0. The van der Waals surface area contributed by atoms with Crippen molar-refractivity contribution in [1.82, 2.24) is 4.90 Å². The van der Waals surface area contributed by atoms with Crippen LogP contribution < -0.4 is 0 Å². The lowest BCUT2D eigenvalue weighted by molar-refractivity contribution is -0.136. The number of rotatable bonds is 5. The standard InChI is InChI=1S/C26H35NOSSi/c1-19-12-14-21(15-13-19)29-24-11-9-8-10-22(24)23-16-20(18-30(5,6)7)17-27(25(23)28)26(2,3)4/h8-16,23H,17-18H2,1-7H3. The molecule has 0 saturated heterocycles. The third kappa shape index (κ3) is 5.67. The Morgan fingerprint density at radius 1 is 1.03 bits per heavy atom. The lowest BCUT2D eigenvalue weighted by Crippen LogP contribution is -2.50. The number of aryl methyl sites for hydroxylation is 1. The smallest absolute Gasteiger partial charge is 0.234 e. The number of hydrogen-bond acceptors (Lipinski definition) is 2. The van der Waals surface area contributed by atoms with Crippen LogP contribution in [0.4, 0.5) is 0 Å². The van der Waals surface area contributed by atoms with E-state index in [-0.39, 0.29) is 17.4 Å². The molecule has 0 aromatic heterocycles. The van der Waals surface area contributed by atoms with Crippen molar-refractivity contribution >= 4 is 25.7 Å². The van der Waals surface area contributed by atoms with E-state index in [9.17, 15) is 4.79 Å². The highest BCUT2D eigenvalue weighted by Crippen LogP contribution is 2.39. The summed E-state index contributed by atoms with van der Waals surface area (Å²) in [5, 5.41) is 0. The van der Waals surface area contributed by atoms with Crippen LogP contribution in [-0.2, 0) is 4.79 Å². The third-order valence-corrected chi connectivity index (χ3v) is 7.98. The second kappa shape index (κ2) is 8.76. The highest BCUT2D eigenvalue weighted by atomic mass is 32.2. The van der Waals surface area contributed by atoms with Crippen molar-refractivity contribution in [3.8, 4) is 0 Å². The number of benzene rings is 2.